The molecular weight excluding hydrogens is 362 g/mol. The Labute approximate surface area is 134 Å². The summed E-state index contributed by atoms with van der Waals surface area (Å²) in [7, 11) is 1.50. The van der Waals surface area contributed by atoms with Crippen LogP contribution in [0.25, 0.3) is 0 Å². The number of benzene rings is 2. The lowest BCUT2D eigenvalue weighted by atomic mass is 10.1. The molecule has 0 spiro atoms. The molecule has 0 heterocycles. The fourth-order valence-corrected chi connectivity index (χ4v) is 2.24. The summed E-state index contributed by atoms with van der Waals surface area (Å²) < 4.78 is 33.8. The van der Waals surface area contributed by atoms with Gasteiger partial charge in [0.05, 0.1) is 11.6 Å². The molecule has 0 aliphatic rings. The van der Waals surface area contributed by atoms with Crippen LogP contribution in [-0.4, -0.2) is 12.1 Å². The Morgan fingerprint density at radius 1 is 1.24 bits per heavy atom. The first kappa shape index (κ1) is 15.7. The van der Waals surface area contributed by atoms with E-state index in [0.29, 0.717) is 11.4 Å². The molecule has 21 heavy (non-hydrogen) atoms. The average molecular weight is 373 g/mol. The molecule has 2 rings (SSSR count). The fraction of sp³-hybridized carbons (Fsp3) is 0.0714. The van der Waals surface area contributed by atoms with Crippen molar-refractivity contribution in [2.45, 2.75) is 0 Å². The lowest BCUT2D eigenvalue weighted by Gasteiger charge is -2.12. The molecule has 0 aromatic heterocycles. The van der Waals surface area contributed by atoms with Gasteiger partial charge < -0.3 is 15.8 Å². The number of hydrogen-bond donors (Lipinski definition) is 2. The molecule has 0 fully saturated rings. The van der Waals surface area contributed by atoms with Crippen molar-refractivity contribution in [3.63, 3.8) is 0 Å². The molecule has 0 radical (unpaired) electrons. The van der Waals surface area contributed by atoms with Crippen LogP contribution in [0.15, 0.2) is 34.8 Å². The molecular formula is C14H11BrF2N2OS. The zero-order valence-electron chi connectivity index (χ0n) is 10.9. The largest absolute Gasteiger partial charge is 0.495 e. The number of rotatable bonds is 4. The average Bonchev–Trinajstić information content (AvgIpc) is 2.44. The number of methoxy groups -OCH3 is 1. The Balaban J connectivity index is 2.38. The smallest absolute Gasteiger partial charge is 0.150 e. The third-order valence-corrected chi connectivity index (χ3v) is 3.64. The van der Waals surface area contributed by atoms with Gasteiger partial charge >= 0.3 is 0 Å². The van der Waals surface area contributed by atoms with Crippen molar-refractivity contribution in [1.29, 1.82) is 0 Å². The van der Waals surface area contributed by atoms with Crippen LogP contribution >= 0.6 is 28.1 Å². The highest BCUT2D eigenvalue weighted by Crippen LogP contribution is 2.31. The highest BCUT2D eigenvalue weighted by Gasteiger charge is 2.13. The van der Waals surface area contributed by atoms with Gasteiger partial charge in [-0.25, -0.2) is 8.78 Å². The number of nitrogens with one attached hydrogen (secondary N) is 1. The predicted molar refractivity (Wildman–Crippen MR) is 86.2 cm³/mol. The van der Waals surface area contributed by atoms with Gasteiger partial charge in [-0.3, -0.25) is 0 Å². The summed E-state index contributed by atoms with van der Waals surface area (Å²) in [6, 6.07) is 7.16. The van der Waals surface area contributed by atoms with Gasteiger partial charge in [0.25, 0.3) is 0 Å². The number of halogens is 3. The molecule has 0 saturated heterocycles. The minimum Gasteiger partial charge on any atom is -0.495 e. The molecule has 0 atom stereocenters. The van der Waals surface area contributed by atoms with E-state index in [-0.39, 0.29) is 16.2 Å². The second-order valence-corrected chi connectivity index (χ2v) is 5.45. The van der Waals surface area contributed by atoms with Gasteiger partial charge in [-0.1, -0.05) is 12.2 Å². The first-order chi connectivity index (χ1) is 9.92. The topological polar surface area (TPSA) is 47.3 Å². The van der Waals surface area contributed by atoms with E-state index in [9.17, 15) is 8.78 Å². The highest BCUT2D eigenvalue weighted by molar-refractivity contribution is 9.10. The summed E-state index contributed by atoms with van der Waals surface area (Å²) in [5.41, 5.74) is 5.71. The Kier molecular flexibility index (Phi) is 4.74. The zero-order chi connectivity index (χ0) is 15.6. The summed E-state index contributed by atoms with van der Waals surface area (Å²) in [5.74, 6) is -1.01. The van der Waals surface area contributed by atoms with E-state index < -0.39 is 11.6 Å². The second-order valence-electron chi connectivity index (χ2n) is 4.15. The molecule has 7 heteroatoms. The van der Waals surface area contributed by atoms with Crippen molar-refractivity contribution in [1.82, 2.24) is 0 Å². The van der Waals surface area contributed by atoms with Crippen LogP contribution in [0.2, 0.25) is 0 Å². The van der Waals surface area contributed by atoms with E-state index in [2.05, 4.69) is 21.2 Å². The number of anilines is 2. The molecule has 0 aliphatic heterocycles. The molecule has 2 aromatic rings. The maximum Gasteiger partial charge on any atom is 0.150 e. The second kappa shape index (κ2) is 6.36. The first-order valence-electron chi connectivity index (χ1n) is 5.81. The third-order valence-electron chi connectivity index (χ3n) is 2.75. The van der Waals surface area contributed by atoms with E-state index in [1.54, 1.807) is 18.2 Å². The lowest BCUT2D eigenvalue weighted by Crippen LogP contribution is -2.11. The van der Waals surface area contributed by atoms with Crippen LogP contribution in [0.1, 0.15) is 5.56 Å². The molecule has 110 valence electrons. The van der Waals surface area contributed by atoms with Crippen molar-refractivity contribution in [3.05, 3.63) is 52.0 Å². The highest BCUT2D eigenvalue weighted by atomic mass is 79.9. The van der Waals surface area contributed by atoms with Crippen molar-refractivity contribution >= 4 is 44.5 Å². The van der Waals surface area contributed by atoms with Crippen LogP contribution in [0.4, 0.5) is 20.2 Å². The minimum absolute atomic E-state index is 0.0651. The van der Waals surface area contributed by atoms with Gasteiger partial charge in [0, 0.05) is 17.3 Å². The van der Waals surface area contributed by atoms with Crippen molar-refractivity contribution in [3.8, 4) is 5.75 Å². The summed E-state index contributed by atoms with van der Waals surface area (Å²) in [4.78, 5) is -0.0651. The van der Waals surface area contributed by atoms with Crippen LogP contribution in [0.5, 0.6) is 5.75 Å². The third kappa shape index (κ3) is 3.48. The van der Waals surface area contributed by atoms with Gasteiger partial charge in [0.15, 0.2) is 0 Å². The van der Waals surface area contributed by atoms with E-state index in [0.717, 1.165) is 16.6 Å². The quantitative estimate of drug-likeness (QED) is 0.792. The summed E-state index contributed by atoms with van der Waals surface area (Å²) in [6.07, 6.45) is 0. The van der Waals surface area contributed by atoms with E-state index >= 15 is 0 Å². The molecule has 3 N–H and O–H groups in total. The van der Waals surface area contributed by atoms with Crippen molar-refractivity contribution < 1.29 is 13.5 Å². The number of thiocarbonyl (C=S) groups is 1. The van der Waals surface area contributed by atoms with Crippen LogP contribution < -0.4 is 15.8 Å². The number of nitrogens with two attached hydrogens (primary N) is 1. The standard InChI is InChI=1S/C14H11BrF2N2OS/c1-20-12-6-8(2-3-9(12)15)19-13-10(16)4-7(14(18)21)5-11(13)17/h2-6,19H,1H3,(H2,18,21). The van der Waals surface area contributed by atoms with E-state index in [1.807, 2.05) is 0 Å². The van der Waals surface area contributed by atoms with Crippen LogP contribution in [-0.2, 0) is 0 Å². The number of ether oxygens (including phenoxy) is 1. The molecule has 0 amide bonds. The molecule has 0 aliphatic carbocycles. The summed E-state index contributed by atoms with van der Waals surface area (Å²) >= 11 is 8.01. The molecule has 3 nitrogen and oxygen atoms in total. The number of hydrogen-bond acceptors (Lipinski definition) is 3. The maximum atomic E-state index is 14.0. The van der Waals surface area contributed by atoms with E-state index in [4.69, 9.17) is 22.7 Å². The Bertz CT molecular complexity index is 686. The van der Waals surface area contributed by atoms with Crippen LogP contribution in [0.3, 0.4) is 0 Å². The molecule has 0 bridgehead atoms. The van der Waals surface area contributed by atoms with E-state index in [1.165, 1.54) is 7.11 Å². The monoisotopic (exact) mass is 372 g/mol. The SMILES string of the molecule is COc1cc(Nc2c(F)cc(C(N)=S)cc2F)ccc1Br. The summed E-state index contributed by atoms with van der Waals surface area (Å²) in [5, 5.41) is 2.67. The first-order valence-corrected chi connectivity index (χ1v) is 7.02. The Morgan fingerprint density at radius 3 is 2.38 bits per heavy atom. The van der Waals surface area contributed by atoms with Gasteiger partial charge in [0.2, 0.25) is 0 Å². The van der Waals surface area contributed by atoms with Crippen molar-refractivity contribution in [2.24, 2.45) is 5.73 Å². The normalized spacial score (nSPS) is 10.3. The maximum absolute atomic E-state index is 14.0. The fourth-order valence-electron chi connectivity index (χ4n) is 1.72. The van der Waals surface area contributed by atoms with Gasteiger partial charge in [-0.2, -0.15) is 0 Å². The van der Waals surface area contributed by atoms with Gasteiger partial charge in [0.1, 0.15) is 28.1 Å². The van der Waals surface area contributed by atoms with Gasteiger partial charge in [-0.05, 0) is 40.2 Å². The van der Waals surface area contributed by atoms with Crippen LogP contribution in [0, 0.1) is 11.6 Å². The predicted octanol–water partition coefficient (Wildman–Crippen LogP) is 4.11. The summed E-state index contributed by atoms with van der Waals surface area (Å²) in [6.45, 7) is 0. The molecule has 0 saturated carbocycles. The zero-order valence-corrected chi connectivity index (χ0v) is 13.3. The minimum atomic E-state index is -0.778. The van der Waals surface area contributed by atoms with Crippen molar-refractivity contribution in [2.75, 3.05) is 12.4 Å². The lowest BCUT2D eigenvalue weighted by molar-refractivity contribution is 0.412. The molecule has 0 unspecified atom stereocenters. The van der Waals surface area contributed by atoms with Gasteiger partial charge in [-0.15, -0.1) is 0 Å². The molecule has 2 aromatic carbocycles. The Morgan fingerprint density at radius 2 is 1.86 bits per heavy atom. The Hall–Kier alpha value is -1.73.